The summed E-state index contributed by atoms with van der Waals surface area (Å²) in [6.07, 6.45) is 3.30. The normalized spacial score (nSPS) is 10.4. The molecule has 4 aromatic rings. The van der Waals surface area contributed by atoms with E-state index in [0.717, 1.165) is 11.1 Å². The van der Waals surface area contributed by atoms with Gasteiger partial charge in [0, 0.05) is 17.8 Å². The molecule has 2 aromatic heterocycles. The third-order valence-corrected chi connectivity index (χ3v) is 4.12. The standard InChI is InChI=1S/C21H15N5O2/c22-11-15-6-8-16(9-7-15)13-26-14-18(12-23-26)24-21(27)19-10-20(28-25-19)17-4-2-1-3-5-17/h1-10,12,14H,13H2,(H,24,27). The Balaban J connectivity index is 1.41. The number of anilines is 1. The summed E-state index contributed by atoms with van der Waals surface area (Å²) in [6, 6.07) is 20.4. The molecule has 0 aliphatic heterocycles. The fourth-order valence-electron chi connectivity index (χ4n) is 2.70. The van der Waals surface area contributed by atoms with E-state index < -0.39 is 0 Å². The largest absolute Gasteiger partial charge is 0.355 e. The fourth-order valence-corrected chi connectivity index (χ4v) is 2.70. The van der Waals surface area contributed by atoms with Crippen LogP contribution in [0.3, 0.4) is 0 Å². The summed E-state index contributed by atoms with van der Waals surface area (Å²) in [4.78, 5) is 12.4. The Morgan fingerprint density at radius 1 is 1.14 bits per heavy atom. The second-order valence-electron chi connectivity index (χ2n) is 6.13. The van der Waals surface area contributed by atoms with Crippen molar-refractivity contribution in [1.29, 1.82) is 5.26 Å². The van der Waals surface area contributed by atoms with Gasteiger partial charge in [0.15, 0.2) is 11.5 Å². The number of hydrogen-bond acceptors (Lipinski definition) is 5. The predicted molar refractivity (Wildman–Crippen MR) is 102 cm³/mol. The third kappa shape index (κ3) is 3.81. The minimum absolute atomic E-state index is 0.193. The summed E-state index contributed by atoms with van der Waals surface area (Å²) in [5.41, 5.74) is 3.22. The Morgan fingerprint density at radius 2 is 1.93 bits per heavy atom. The topological polar surface area (TPSA) is 96.7 Å². The maximum absolute atomic E-state index is 12.4. The molecular weight excluding hydrogens is 354 g/mol. The first-order chi connectivity index (χ1) is 13.7. The van der Waals surface area contributed by atoms with Crippen LogP contribution in [-0.2, 0) is 6.54 Å². The van der Waals surface area contributed by atoms with Crippen LogP contribution < -0.4 is 5.32 Å². The van der Waals surface area contributed by atoms with E-state index in [1.54, 1.807) is 35.3 Å². The number of rotatable bonds is 5. The first-order valence-corrected chi connectivity index (χ1v) is 8.56. The molecule has 0 aliphatic carbocycles. The third-order valence-electron chi connectivity index (χ3n) is 4.12. The molecule has 136 valence electrons. The number of nitrogens with zero attached hydrogens (tertiary/aromatic N) is 4. The van der Waals surface area contributed by atoms with Crippen molar-refractivity contribution >= 4 is 11.6 Å². The number of benzene rings is 2. The first kappa shape index (κ1) is 17.2. The van der Waals surface area contributed by atoms with Crippen molar-refractivity contribution in [2.45, 2.75) is 6.54 Å². The van der Waals surface area contributed by atoms with Crippen LogP contribution in [0.2, 0.25) is 0 Å². The van der Waals surface area contributed by atoms with Gasteiger partial charge in [0.05, 0.1) is 30.1 Å². The van der Waals surface area contributed by atoms with Crippen LogP contribution >= 0.6 is 0 Å². The number of carbonyl (C=O) groups is 1. The maximum atomic E-state index is 12.4. The lowest BCUT2D eigenvalue weighted by Gasteiger charge is -2.02. The van der Waals surface area contributed by atoms with Crippen LogP contribution in [0.4, 0.5) is 5.69 Å². The van der Waals surface area contributed by atoms with E-state index in [-0.39, 0.29) is 11.6 Å². The van der Waals surface area contributed by atoms with Gasteiger partial charge in [0.1, 0.15) is 0 Å². The minimum Gasteiger partial charge on any atom is -0.355 e. The summed E-state index contributed by atoms with van der Waals surface area (Å²) in [5.74, 6) is 0.158. The Hall–Kier alpha value is -4.18. The van der Waals surface area contributed by atoms with Crippen molar-refractivity contribution in [1.82, 2.24) is 14.9 Å². The highest BCUT2D eigenvalue weighted by Gasteiger charge is 2.14. The van der Waals surface area contributed by atoms with Crippen molar-refractivity contribution in [3.63, 3.8) is 0 Å². The van der Waals surface area contributed by atoms with Crippen LogP contribution in [0.5, 0.6) is 0 Å². The van der Waals surface area contributed by atoms with Crippen LogP contribution in [0.25, 0.3) is 11.3 Å². The number of hydrogen-bond donors (Lipinski definition) is 1. The average Bonchev–Trinajstić information content (AvgIpc) is 3.39. The zero-order valence-electron chi connectivity index (χ0n) is 14.7. The molecule has 28 heavy (non-hydrogen) atoms. The lowest BCUT2D eigenvalue weighted by molar-refractivity contribution is 0.101. The van der Waals surface area contributed by atoms with E-state index in [0.29, 0.717) is 23.6 Å². The fraction of sp³-hybridized carbons (Fsp3) is 0.0476. The van der Waals surface area contributed by atoms with E-state index in [9.17, 15) is 4.79 Å². The van der Waals surface area contributed by atoms with Gasteiger partial charge in [-0.25, -0.2) is 0 Å². The number of carbonyl (C=O) groups excluding carboxylic acids is 1. The smallest absolute Gasteiger partial charge is 0.277 e. The van der Waals surface area contributed by atoms with E-state index in [1.807, 2.05) is 42.5 Å². The van der Waals surface area contributed by atoms with Gasteiger partial charge in [-0.3, -0.25) is 9.48 Å². The molecule has 0 aliphatic rings. The average molecular weight is 369 g/mol. The van der Waals surface area contributed by atoms with Crippen molar-refractivity contribution in [2.75, 3.05) is 5.32 Å². The van der Waals surface area contributed by atoms with Crippen molar-refractivity contribution in [3.05, 3.63) is 89.9 Å². The molecule has 0 spiro atoms. The molecule has 0 atom stereocenters. The second kappa shape index (κ2) is 7.60. The molecule has 0 saturated carbocycles. The molecule has 4 rings (SSSR count). The molecule has 1 N–H and O–H groups in total. The van der Waals surface area contributed by atoms with Gasteiger partial charge >= 0.3 is 0 Å². The van der Waals surface area contributed by atoms with Crippen LogP contribution in [-0.4, -0.2) is 20.8 Å². The van der Waals surface area contributed by atoms with Crippen LogP contribution in [0.15, 0.2) is 77.6 Å². The highest BCUT2D eigenvalue weighted by atomic mass is 16.5. The molecule has 0 saturated heterocycles. The van der Waals surface area contributed by atoms with Gasteiger partial charge in [-0.05, 0) is 17.7 Å². The molecular formula is C21H15N5O2. The van der Waals surface area contributed by atoms with Crippen molar-refractivity contribution in [3.8, 4) is 17.4 Å². The van der Waals surface area contributed by atoms with E-state index >= 15 is 0 Å². The van der Waals surface area contributed by atoms with E-state index in [2.05, 4.69) is 21.6 Å². The van der Waals surface area contributed by atoms with Gasteiger partial charge in [-0.2, -0.15) is 10.4 Å². The zero-order valence-corrected chi connectivity index (χ0v) is 14.7. The highest BCUT2D eigenvalue weighted by Crippen LogP contribution is 2.20. The Labute approximate surface area is 160 Å². The first-order valence-electron chi connectivity index (χ1n) is 8.56. The van der Waals surface area contributed by atoms with E-state index in [1.165, 1.54) is 0 Å². The Bertz CT molecular complexity index is 1140. The van der Waals surface area contributed by atoms with Crippen LogP contribution in [0, 0.1) is 11.3 Å². The summed E-state index contributed by atoms with van der Waals surface area (Å²) in [5, 5.41) is 19.7. The molecule has 7 heteroatoms. The van der Waals surface area contributed by atoms with Gasteiger partial charge < -0.3 is 9.84 Å². The molecule has 2 aromatic carbocycles. The van der Waals surface area contributed by atoms with Gasteiger partial charge in [0.25, 0.3) is 5.91 Å². The molecule has 0 fully saturated rings. The molecule has 1 amide bonds. The van der Waals surface area contributed by atoms with E-state index in [4.69, 9.17) is 9.78 Å². The molecule has 2 heterocycles. The number of aromatic nitrogens is 3. The Kier molecular flexibility index (Phi) is 4.68. The lowest BCUT2D eigenvalue weighted by atomic mass is 10.1. The Morgan fingerprint density at radius 3 is 2.68 bits per heavy atom. The van der Waals surface area contributed by atoms with Crippen LogP contribution in [0.1, 0.15) is 21.6 Å². The maximum Gasteiger partial charge on any atom is 0.277 e. The summed E-state index contributed by atoms with van der Waals surface area (Å²) in [6.45, 7) is 0.531. The highest BCUT2D eigenvalue weighted by molar-refractivity contribution is 6.03. The second-order valence-corrected chi connectivity index (χ2v) is 6.13. The van der Waals surface area contributed by atoms with Gasteiger partial charge in [-0.15, -0.1) is 0 Å². The minimum atomic E-state index is -0.371. The van der Waals surface area contributed by atoms with Crippen molar-refractivity contribution < 1.29 is 9.32 Å². The molecule has 0 radical (unpaired) electrons. The summed E-state index contributed by atoms with van der Waals surface area (Å²) in [7, 11) is 0. The van der Waals surface area contributed by atoms with Crippen molar-refractivity contribution in [2.24, 2.45) is 0 Å². The summed E-state index contributed by atoms with van der Waals surface area (Å²) >= 11 is 0. The molecule has 7 nitrogen and oxygen atoms in total. The number of nitriles is 1. The lowest BCUT2D eigenvalue weighted by Crippen LogP contribution is -2.11. The number of amides is 1. The predicted octanol–water partition coefficient (Wildman–Crippen LogP) is 3.71. The number of nitrogens with one attached hydrogen (secondary N) is 1. The quantitative estimate of drug-likeness (QED) is 0.578. The SMILES string of the molecule is N#Cc1ccc(Cn2cc(NC(=O)c3cc(-c4ccccc4)on3)cn2)cc1. The molecule has 0 bridgehead atoms. The van der Waals surface area contributed by atoms with Gasteiger partial charge in [-0.1, -0.05) is 47.6 Å². The van der Waals surface area contributed by atoms with Gasteiger partial charge in [0.2, 0.25) is 0 Å². The summed E-state index contributed by atoms with van der Waals surface area (Å²) < 4.78 is 6.96. The zero-order chi connectivity index (χ0) is 19.3. The monoisotopic (exact) mass is 369 g/mol. The molecule has 0 unspecified atom stereocenters.